The van der Waals surface area contributed by atoms with Gasteiger partial charge >= 0.3 is 0 Å². The van der Waals surface area contributed by atoms with Crippen LogP contribution in [0.15, 0.2) is 23.2 Å². The number of carbonyl (C=O) groups is 1. The number of amides is 1. The minimum Gasteiger partial charge on any atom is -0.496 e. The van der Waals surface area contributed by atoms with Crippen LogP contribution in [0.4, 0.5) is 0 Å². The van der Waals surface area contributed by atoms with Gasteiger partial charge in [-0.15, -0.1) is 0 Å². The molecule has 1 amide bonds. The third-order valence-electron chi connectivity index (χ3n) is 4.50. The summed E-state index contributed by atoms with van der Waals surface area (Å²) in [5, 5.41) is 1.32. The second-order valence-corrected chi connectivity index (χ2v) is 9.19. The minimum absolute atomic E-state index is 0.0707. The number of carbonyl (C=O) groups excluding carboxylic acids is 1. The second kappa shape index (κ2) is 6.96. The summed E-state index contributed by atoms with van der Waals surface area (Å²) in [6.45, 7) is 6.30. The van der Waals surface area contributed by atoms with Crippen molar-refractivity contribution in [1.82, 2.24) is 4.90 Å². The van der Waals surface area contributed by atoms with E-state index in [1.54, 1.807) is 37.1 Å². The molecule has 0 unspecified atom stereocenters. The minimum atomic E-state index is -0.298. The predicted octanol–water partition coefficient (Wildman–Crippen LogP) is 4.47. The summed E-state index contributed by atoms with van der Waals surface area (Å²) in [4.78, 5) is 19.4. The summed E-state index contributed by atoms with van der Waals surface area (Å²) in [6, 6.07) is 5.03. The van der Waals surface area contributed by atoms with Crippen LogP contribution < -0.4 is 4.74 Å². The molecule has 1 aromatic carbocycles. The molecule has 1 saturated heterocycles. The molecule has 4 nitrogen and oxygen atoms in total. The zero-order chi connectivity index (χ0) is 17.3. The van der Waals surface area contributed by atoms with E-state index in [4.69, 9.17) is 16.3 Å². The molecule has 2 aliphatic rings. The van der Waals surface area contributed by atoms with Crippen molar-refractivity contribution < 1.29 is 9.53 Å². The highest BCUT2D eigenvalue weighted by Crippen LogP contribution is 2.38. The Kier molecular flexibility index (Phi) is 5.11. The van der Waals surface area contributed by atoms with E-state index in [0.717, 1.165) is 24.2 Å². The maximum absolute atomic E-state index is 12.7. The van der Waals surface area contributed by atoms with Gasteiger partial charge in [0, 0.05) is 22.9 Å². The first-order chi connectivity index (χ1) is 11.4. The fraction of sp³-hybridized carbons (Fsp3) is 0.556. The molecule has 2 fully saturated rings. The van der Waals surface area contributed by atoms with Gasteiger partial charge in [-0.2, -0.15) is 4.99 Å². The summed E-state index contributed by atoms with van der Waals surface area (Å²) >= 11 is 7.71. The number of halogens is 1. The van der Waals surface area contributed by atoms with Gasteiger partial charge in [-0.25, -0.2) is 0 Å². The van der Waals surface area contributed by atoms with E-state index < -0.39 is 0 Å². The molecule has 1 aliphatic heterocycles. The molecule has 0 N–H and O–H groups in total. The van der Waals surface area contributed by atoms with Crippen molar-refractivity contribution >= 4 is 34.4 Å². The van der Waals surface area contributed by atoms with E-state index >= 15 is 0 Å². The zero-order valence-electron chi connectivity index (χ0n) is 14.3. The average Bonchev–Trinajstić information content (AvgIpc) is 2.76. The van der Waals surface area contributed by atoms with Crippen LogP contribution in [0.25, 0.3) is 0 Å². The number of hydrogen-bond donors (Lipinski definition) is 0. The van der Waals surface area contributed by atoms with E-state index in [2.05, 4.69) is 23.7 Å². The lowest BCUT2D eigenvalue weighted by atomic mass is 9.85. The Hall–Kier alpha value is -1.20. The van der Waals surface area contributed by atoms with E-state index in [-0.39, 0.29) is 10.7 Å². The molecule has 130 valence electrons. The number of benzene rings is 1. The molecule has 24 heavy (non-hydrogen) atoms. The predicted molar refractivity (Wildman–Crippen MR) is 100 cm³/mol. The number of amidine groups is 1. The van der Waals surface area contributed by atoms with Crippen molar-refractivity contribution in [2.75, 3.05) is 20.2 Å². The van der Waals surface area contributed by atoms with Crippen LogP contribution in [0.5, 0.6) is 5.75 Å². The fourth-order valence-electron chi connectivity index (χ4n) is 3.09. The molecular weight excluding hydrogens is 344 g/mol. The third-order valence-corrected chi connectivity index (χ3v) is 5.95. The van der Waals surface area contributed by atoms with Gasteiger partial charge in [0.2, 0.25) is 0 Å². The van der Waals surface area contributed by atoms with Gasteiger partial charge < -0.3 is 9.64 Å². The highest BCUT2D eigenvalue weighted by molar-refractivity contribution is 8.15. The Labute approximate surface area is 152 Å². The molecule has 0 atom stereocenters. The molecule has 0 bridgehead atoms. The number of rotatable bonds is 4. The summed E-state index contributed by atoms with van der Waals surface area (Å²) < 4.78 is 5.35. The smallest absolute Gasteiger partial charge is 0.283 e. The number of nitrogens with zero attached hydrogens (tertiary/aromatic N) is 2. The third kappa shape index (κ3) is 3.89. The Morgan fingerprint density at radius 2 is 2.21 bits per heavy atom. The van der Waals surface area contributed by atoms with E-state index in [9.17, 15) is 4.79 Å². The van der Waals surface area contributed by atoms with Crippen molar-refractivity contribution in [3.8, 4) is 5.75 Å². The summed E-state index contributed by atoms with van der Waals surface area (Å²) in [5.74, 6) is 0.940. The van der Waals surface area contributed by atoms with E-state index in [0.29, 0.717) is 16.3 Å². The topological polar surface area (TPSA) is 41.9 Å². The van der Waals surface area contributed by atoms with E-state index in [1.807, 2.05) is 0 Å². The first kappa shape index (κ1) is 17.6. The van der Waals surface area contributed by atoms with Crippen LogP contribution in [0, 0.1) is 5.92 Å². The number of hydrogen-bond acceptors (Lipinski definition) is 3. The van der Waals surface area contributed by atoms with Crippen LogP contribution >= 0.6 is 23.4 Å². The summed E-state index contributed by atoms with van der Waals surface area (Å²) in [5.41, 5.74) is 0.409. The van der Waals surface area contributed by atoms with Crippen LogP contribution in [-0.2, 0) is 0 Å². The lowest BCUT2D eigenvalue weighted by Gasteiger charge is -2.31. The normalized spacial score (nSPS) is 21.8. The highest BCUT2D eigenvalue weighted by Gasteiger charge is 2.37. The molecule has 3 rings (SSSR count). The van der Waals surface area contributed by atoms with E-state index in [1.165, 1.54) is 19.3 Å². The maximum atomic E-state index is 12.7. The molecule has 0 radical (unpaired) electrons. The Balaban J connectivity index is 1.84. The fourth-order valence-corrected chi connectivity index (χ4v) is 4.37. The van der Waals surface area contributed by atoms with Gasteiger partial charge in [0.25, 0.3) is 5.91 Å². The van der Waals surface area contributed by atoms with Crippen molar-refractivity contribution in [2.45, 2.75) is 37.9 Å². The van der Waals surface area contributed by atoms with Crippen molar-refractivity contribution in [2.24, 2.45) is 10.9 Å². The highest BCUT2D eigenvalue weighted by atomic mass is 35.5. The zero-order valence-corrected chi connectivity index (χ0v) is 15.9. The first-order valence-corrected chi connectivity index (χ1v) is 9.48. The molecule has 1 heterocycles. The molecule has 0 aromatic heterocycles. The lowest BCUT2D eigenvalue weighted by Crippen LogP contribution is -2.35. The standard InChI is InChI=1S/C18H23ClN2O2S/c1-18(2)11-21(10-12-5-4-6-12)17(24-18)20-16(22)14-9-13(19)7-8-15(14)23-3/h7-9,12H,4-6,10-11H2,1-3H3/b20-17-. The number of methoxy groups -OCH3 is 1. The van der Waals surface area contributed by atoms with Crippen LogP contribution in [-0.4, -0.2) is 40.9 Å². The van der Waals surface area contributed by atoms with Crippen LogP contribution in [0.1, 0.15) is 43.5 Å². The Morgan fingerprint density at radius 3 is 2.83 bits per heavy atom. The average molecular weight is 367 g/mol. The van der Waals surface area contributed by atoms with Crippen LogP contribution in [0.3, 0.4) is 0 Å². The Morgan fingerprint density at radius 1 is 1.46 bits per heavy atom. The van der Waals surface area contributed by atoms with Gasteiger partial charge in [-0.3, -0.25) is 4.79 Å². The monoisotopic (exact) mass is 366 g/mol. The van der Waals surface area contributed by atoms with Gasteiger partial charge in [-0.1, -0.05) is 29.8 Å². The maximum Gasteiger partial charge on any atom is 0.283 e. The number of thioether (sulfide) groups is 1. The molecule has 1 saturated carbocycles. The molecular formula is C18H23ClN2O2S. The van der Waals surface area contributed by atoms with Crippen molar-refractivity contribution in [3.05, 3.63) is 28.8 Å². The van der Waals surface area contributed by atoms with Gasteiger partial charge in [0.05, 0.1) is 12.7 Å². The summed E-state index contributed by atoms with van der Waals surface area (Å²) in [6.07, 6.45) is 3.88. The number of aliphatic imine (C=N–C) groups is 1. The first-order valence-electron chi connectivity index (χ1n) is 8.28. The molecule has 1 aliphatic carbocycles. The summed E-state index contributed by atoms with van der Waals surface area (Å²) in [7, 11) is 1.55. The molecule has 6 heteroatoms. The quantitative estimate of drug-likeness (QED) is 0.788. The second-order valence-electron chi connectivity index (χ2n) is 7.08. The SMILES string of the molecule is COc1ccc(Cl)cc1C(=O)/N=C1\SC(C)(C)CN1CC1CCC1. The molecule has 0 spiro atoms. The lowest BCUT2D eigenvalue weighted by molar-refractivity contribution is 0.0998. The largest absolute Gasteiger partial charge is 0.496 e. The van der Waals surface area contributed by atoms with Gasteiger partial charge in [0.15, 0.2) is 5.17 Å². The Bertz CT molecular complexity index is 671. The van der Waals surface area contributed by atoms with Crippen molar-refractivity contribution in [3.63, 3.8) is 0 Å². The molecule has 1 aromatic rings. The number of ether oxygens (including phenoxy) is 1. The van der Waals surface area contributed by atoms with Crippen LogP contribution in [0.2, 0.25) is 5.02 Å². The van der Waals surface area contributed by atoms with Gasteiger partial charge in [-0.05, 0) is 50.8 Å². The van der Waals surface area contributed by atoms with Gasteiger partial charge in [0.1, 0.15) is 5.75 Å². The van der Waals surface area contributed by atoms with Crippen molar-refractivity contribution in [1.29, 1.82) is 0 Å².